The fourth-order valence-corrected chi connectivity index (χ4v) is 4.16. The van der Waals surface area contributed by atoms with Crippen LogP contribution in [0.4, 0.5) is 4.39 Å². The van der Waals surface area contributed by atoms with E-state index in [1.54, 1.807) is 6.33 Å². The number of furan rings is 1. The lowest BCUT2D eigenvalue weighted by atomic mass is 9.80. The maximum absolute atomic E-state index is 13.1. The Morgan fingerprint density at radius 3 is 3.00 bits per heavy atom. The number of nitrogens with zero attached hydrogens (tertiary/aromatic N) is 2. The van der Waals surface area contributed by atoms with Crippen LogP contribution in [-0.4, -0.2) is 33.5 Å². The SMILES string of the molecule is O=C(CC1CC(F)C1)N1CCc2[nH]cnc2[C@H]1c1cc2ccccc2o1. The number of imidazole rings is 1. The van der Waals surface area contributed by atoms with Gasteiger partial charge in [0.15, 0.2) is 0 Å². The van der Waals surface area contributed by atoms with E-state index < -0.39 is 6.17 Å². The molecule has 1 fully saturated rings. The van der Waals surface area contributed by atoms with Crippen molar-refractivity contribution < 1.29 is 13.6 Å². The summed E-state index contributed by atoms with van der Waals surface area (Å²) < 4.78 is 19.2. The molecule has 1 aliphatic heterocycles. The molecule has 5 nitrogen and oxygen atoms in total. The zero-order valence-corrected chi connectivity index (χ0v) is 14.3. The fraction of sp³-hybridized carbons (Fsp3) is 0.400. The number of nitrogens with one attached hydrogen (secondary N) is 1. The van der Waals surface area contributed by atoms with Crippen LogP contribution in [0.5, 0.6) is 0 Å². The molecule has 1 amide bonds. The van der Waals surface area contributed by atoms with Crippen molar-refractivity contribution in [3.63, 3.8) is 0 Å². The number of alkyl halides is 1. The van der Waals surface area contributed by atoms with Crippen molar-refractivity contribution in [1.29, 1.82) is 0 Å². The molecule has 0 unspecified atom stereocenters. The molecule has 5 rings (SSSR count). The molecule has 1 saturated carbocycles. The molecule has 2 aromatic heterocycles. The van der Waals surface area contributed by atoms with Gasteiger partial charge in [0.25, 0.3) is 0 Å². The standard InChI is InChI=1S/C20H20FN3O2/c21-14-7-12(8-14)9-18(25)24-6-5-15-19(23-11-22-15)20(24)17-10-13-3-1-2-4-16(13)26-17/h1-4,10-12,14,20H,5-9H2,(H,22,23)/t12?,14?,20-/m1/s1. The highest BCUT2D eigenvalue weighted by Gasteiger charge is 2.38. The van der Waals surface area contributed by atoms with Gasteiger partial charge in [-0.25, -0.2) is 9.37 Å². The Bertz CT molecular complexity index is 924. The van der Waals surface area contributed by atoms with Gasteiger partial charge in [0.05, 0.1) is 12.0 Å². The number of rotatable bonds is 3. The van der Waals surface area contributed by atoms with Gasteiger partial charge in [-0.1, -0.05) is 18.2 Å². The maximum atomic E-state index is 13.1. The van der Waals surface area contributed by atoms with Crippen molar-refractivity contribution in [3.05, 3.63) is 53.8 Å². The molecule has 1 atom stereocenters. The third-order valence-corrected chi connectivity index (χ3v) is 5.60. The summed E-state index contributed by atoms with van der Waals surface area (Å²) in [6, 6.07) is 9.49. The molecular formula is C20H20FN3O2. The van der Waals surface area contributed by atoms with Gasteiger partial charge in [-0.2, -0.15) is 0 Å². The quantitative estimate of drug-likeness (QED) is 0.780. The van der Waals surface area contributed by atoms with Crippen molar-refractivity contribution in [3.8, 4) is 0 Å². The summed E-state index contributed by atoms with van der Waals surface area (Å²) in [5, 5.41) is 1.01. The first-order chi connectivity index (χ1) is 12.7. The molecular weight excluding hydrogens is 333 g/mol. The van der Waals surface area contributed by atoms with Crippen molar-refractivity contribution in [2.24, 2.45) is 5.92 Å². The highest BCUT2D eigenvalue weighted by atomic mass is 19.1. The first kappa shape index (κ1) is 15.6. The predicted octanol–water partition coefficient (Wildman–Crippen LogP) is 3.77. The maximum Gasteiger partial charge on any atom is 0.223 e. The number of carbonyl (C=O) groups is 1. The first-order valence-electron chi connectivity index (χ1n) is 9.13. The van der Waals surface area contributed by atoms with Crippen LogP contribution in [0.1, 0.15) is 42.5 Å². The van der Waals surface area contributed by atoms with Crippen molar-refractivity contribution in [1.82, 2.24) is 14.9 Å². The van der Waals surface area contributed by atoms with Gasteiger partial charge in [-0.05, 0) is 30.9 Å². The summed E-state index contributed by atoms with van der Waals surface area (Å²) in [5.74, 6) is 0.944. The molecule has 3 aromatic rings. The van der Waals surface area contributed by atoms with Gasteiger partial charge in [0, 0.05) is 30.5 Å². The minimum Gasteiger partial charge on any atom is -0.458 e. The van der Waals surface area contributed by atoms with E-state index in [1.165, 1.54) is 0 Å². The average molecular weight is 353 g/mol. The Morgan fingerprint density at radius 2 is 2.19 bits per heavy atom. The van der Waals surface area contributed by atoms with Crippen molar-refractivity contribution >= 4 is 16.9 Å². The second kappa shape index (κ2) is 5.97. The second-order valence-electron chi connectivity index (χ2n) is 7.33. The molecule has 1 N–H and O–H groups in total. The van der Waals surface area contributed by atoms with Gasteiger partial charge in [0.2, 0.25) is 5.91 Å². The summed E-state index contributed by atoms with van der Waals surface area (Å²) in [4.78, 5) is 22.5. The van der Waals surface area contributed by atoms with Crippen LogP contribution >= 0.6 is 0 Å². The van der Waals surface area contributed by atoms with E-state index in [2.05, 4.69) is 9.97 Å². The summed E-state index contributed by atoms with van der Waals surface area (Å²) >= 11 is 0. The fourth-order valence-electron chi connectivity index (χ4n) is 4.16. The number of aromatic amines is 1. The number of hydrogen-bond donors (Lipinski definition) is 1. The van der Waals surface area contributed by atoms with Gasteiger partial charge in [0.1, 0.15) is 23.6 Å². The minimum atomic E-state index is -0.738. The van der Waals surface area contributed by atoms with Crippen LogP contribution in [0.2, 0.25) is 0 Å². The Morgan fingerprint density at radius 1 is 1.35 bits per heavy atom. The van der Waals surface area contributed by atoms with E-state index in [-0.39, 0.29) is 17.9 Å². The predicted molar refractivity (Wildman–Crippen MR) is 94.3 cm³/mol. The summed E-state index contributed by atoms with van der Waals surface area (Å²) in [7, 11) is 0. The van der Waals surface area contributed by atoms with Gasteiger partial charge < -0.3 is 14.3 Å². The number of amides is 1. The molecule has 2 aliphatic rings. The van der Waals surface area contributed by atoms with Crippen LogP contribution in [0.15, 0.2) is 41.1 Å². The third-order valence-electron chi connectivity index (χ3n) is 5.60. The summed E-state index contributed by atoms with van der Waals surface area (Å²) in [6.07, 6.45) is 3.09. The third kappa shape index (κ3) is 2.52. The van der Waals surface area contributed by atoms with Crippen LogP contribution < -0.4 is 0 Å². The minimum absolute atomic E-state index is 0.0565. The van der Waals surface area contributed by atoms with Crippen LogP contribution in [0.3, 0.4) is 0 Å². The topological polar surface area (TPSA) is 62.1 Å². The van der Waals surface area contributed by atoms with E-state index in [9.17, 15) is 9.18 Å². The molecule has 3 heterocycles. The molecule has 134 valence electrons. The number of para-hydroxylation sites is 1. The molecule has 0 spiro atoms. The van der Waals surface area contributed by atoms with E-state index in [1.807, 2.05) is 35.2 Å². The molecule has 1 aliphatic carbocycles. The van der Waals surface area contributed by atoms with Crippen LogP contribution in [0, 0.1) is 5.92 Å². The molecule has 26 heavy (non-hydrogen) atoms. The number of fused-ring (bicyclic) bond motifs is 2. The zero-order valence-electron chi connectivity index (χ0n) is 14.3. The number of carbonyl (C=O) groups excluding carboxylic acids is 1. The smallest absolute Gasteiger partial charge is 0.223 e. The number of benzene rings is 1. The molecule has 0 saturated heterocycles. The Kier molecular flexibility index (Phi) is 3.58. The van der Waals surface area contributed by atoms with Gasteiger partial charge in [-0.3, -0.25) is 4.79 Å². The molecule has 0 radical (unpaired) electrons. The largest absolute Gasteiger partial charge is 0.458 e. The van der Waals surface area contributed by atoms with Gasteiger partial charge >= 0.3 is 0 Å². The van der Waals surface area contributed by atoms with E-state index in [0.717, 1.165) is 34.5 Å². The monoisotopic (exact) mass is 353 g/mol. The van der Waals surface area contributed by atoms with Crippen molar-refractivity contribution in [2.75, 3.05) is 6.54 Å². The Hall–Kier alpha value is -2.63. The molecule has 1 aromatic carbocycles. The molecule has 6 heteroatoms. The van der Waals surface area contributed by atoms with Gasteiger partial charge in [-0.15, -0.1) is 0 Å². The highest BCUT2D eigenvalue weighted by molar-refractivity contribution is 5.80. The lowest BCUT2D eigenvalue weighted by Crippen LogP contribution is -2.42. The second-order valence-corrected chi connectivity index (χ2v) is 7.33. The average Bonchev–Trinajstić information content (AvgIpc) is 3.25. The Labute approximate surface area is 150 Å². The lowest BCUT2D eigenvalue weighted by Gasteiger charge is -2.36. The zero-order chi connectivity index (χ0) is 17.7. The van der Waals surface area contributed by atoms with Crippen LogP contribution in [0.25, 0.3) is 11.0 Å². The molecule has 0 bridgehead atoms. The summed E-state index contributed by atoms with van der Waals surface area (Å²) in [6.45, 7) is 0.613. The van der Waals surface area contributed by atoms with E-state index in [4.69, 9.17) is 4.42 Å². The highest BCUT2D eigenvalue weighted by Crippen LogP contribution is 2.39. The van der Waals surface area contributed by atoms with E-state index in [0.29, 0.717) is 25.8 Å². The van der Waals surface area contributed by atoms with Crippen molar-refractivity contribution in [2.45, 2.75) is 37.9 Å². The first-order valence-corrected chi connectivity index (χ1v) is 9.13. The normalized spacial score (nSPS) is 25.1. The van der Waals surface area contributed by atoms with Crippen LogP contribution in [-0.2, 0) is 11.2 Å². The lowest BCUT2D eigenvalue weighted by molar-refractivity contribution is -0.135. The summed E-state index contributed by atoms with van der Waals surface area (Å²) in [5.41, 5.74) is 2.70. The number of aromatic nitrogens is 2. The van der Waals surface area contributed by atoms with E-state index >= 15 is 0 Å². The number of H-pyrrole nitrogens is 1. The number of halogens is 1. The Balaban J connectivity index is 1.50. The number of hydrogen-bond acceptors (Lipinski definition) is 3.